The number of rotatable bonds is 5. The number of thiazole rings is 1. The highest BCUT2D eigenvalue weighted by atomic mass is 32.1. The van der Waals surface area contributed by atoms with E-state index in [9.17, 15) is 4.79 Å². The smallest absolute Gasteiger partial charge is 0.240 e. The van der Waals surface area contributed by atoms with Crippen LogP contribution in [0.3, 0.4) is 0 Å². The average Bonchev–Trinajstić information content (AvgIpc) is 2.90. The van der Waals surface area contributed by atoms with Crippen LogP contribution in [0, 0.1) is 5.92 Å². The molecule has 2 heterocycles. The Kier molecular flexibility index (Phi) is 5.67. The SMILES string of the molecule is CN(C)CC1CCN(CC(=O)Nc2nc3c(s2)CCCC3)CC1. The third-order valence-corrected chi connectivity index (χ3v) is 5.86. The van der Waals surface area contributed by atoms with Crippen molar-refractivity contribution < 1.29 is 4.79 Å². The second-order valence-electron chi connectivity index (χ2n) is 7.13. The van der Waals surface area contributed by atoms with Crippen LogP contribution in [-0.4, -0.2) is 61.0 Å². The van der Waals surface area contributed by atoms with Gasteiger partial charge in [-0.3, -0.25) is 9.69 Å². The van der Waals surface area contributed by atoms with Crippen molar-refractivity contribution in [1.29, 1.82) is 0 Å². The molecule has 6 heteroatoms. The lowest BCUT2D eigenvalue weighted by Gasteiger charge is -2.32. The van der Waals surface area contributed by atoms with E-state index in [4.69, 9.17) is 0 Å². The summed E-state index contributed by atoms with van der Waals surface area (Å²) in [6.07, 6.45) is 7.06. The van der Waals surface area contributed by atoms with Crippen LogP contribution in [0.15, 0.2) is 0 Å². The van der Waals surface area contributed by atoms with Crippen molar-refractivity contribution in [1.82, 2.24) is 14.8 Å². The van der Waals surface area contributed by atoms with Crippen molar-refractivity contribution in [3.05, 3.63) is 10.6 Å². The largest absolute Gasteiger partial charge is 0.309 e. The van der Waals surface area contributed by atoms with Crippen LogP contribution in [0.1, 0.15) is 36.3 Å². The molecule has 0 atom stereocenters. The van der Waals surface area contributed by atoms with Crippen molar-refractivity contribution in [3.63, 3.8) is 0 Å². The van der Waals surface area contributed by atoms with Crippen LogP contribution >= 0.6 is 11.3 Å². The van der Waals surface area contributed by atoms with E-state index in [0.29, 0.717) is 6.54 Å². The molecule has 1 aromatic rings. The third kappa shape index (κ3) is 4.75. The van der Waals surface area contributed by atoms with Gasteiger partial charge in [-0.2, -0.15) is 0 Å². The van der Waals surface area contributed by atoms with Gasteiger partial charge in [-0.1, -0.05) is 0 Å². The Morgan fingerprint density at radius 3 is 2.74 bits per heavy atom. The maximum absolute atomic E-state index is 12.3. The second kappa shape index (κ2) is 7.73. The Morgan fingerprint density at radius 2 is 2.04 bits per heavy atom. The minimum atomic E-state index is 0.0853. The molecule has 0 radical (unpaired) electrons. The number of likely N-dealkylation sites (tertiary alicyclic amines) is 1. The minimum absolute atomic E-state index is 0.0853. The fraction of sp³-hybridized carbons (Fsp3) is 0.765. The summed E-state index contributed by atoms with van der Waals surface area (Å²) in [6, 6.07) is 0. The molecule has 0 aromatic carbocycles. The van der Waals surface area contributed by atoms with Crippen molar-refractivity contribution >= 4 is 22.4 Å². The molecule has 2 aliphatic rings. The Labute approximate surface area is 143 Å². The van der Waals surface area contributed by atoms with Crippen LogP contribution in [0.2, 0.25) is 0 Å². The van der Waals surface area contributed by atoms with Gasteiger partial charge < -0.3 is 10.2 Å². The number of hydrogen-bond acceptors (Lipinski definition) is 5. The zero-order valence-corrected chi connectivity index (χ0v) is 15.1. The number of aromatic nitrogens is 1. The fourth-order valence-corrected chi connectivity index (χ4v) is 4.68. The van der Waals surface area contributed by atoms with E-state index in [-0.39, 0.29) is 5.91 Å². The zero-order valence-electron chi connectivity index (χ0n) is 14.3. The van der Waals surface area contributed by atoms with Crippen LogP contribution in [0.25, 0.3) is 0 Å². The van der Waals surface area contributed by atoms with E-state index < -0.39 is 0 Å². The summed E-state index contributed by atoms with van der Waals surface area (Å²) in [5.41, 5.74) is 1.21. The second-order valence-corrected chi connectivity index (χ2v) is 8.21. The Morgan fingerprint density at radius 1 is 1.30 bits per heavy atom. The predicted molar refractivity (Wildman–Crippen MR) is 95.1 cm³/mol. The molecule has 1 amide bonds. The molecule has 5 nitrogen and oxygen atoms in total. The molecule has 1 aliphatic heterocycles. The number of carbonyl (C=O) groups excluding carboxylic acids is 1. The summed E-state index contributed by atoms with van der Waals surface area (Å²) in [5, 5.41) is 3.80. The lowest BCUT2D eigenvalue weighted by molar-refractivity contribution is -0.117. The highest BCUT2D eigenvalue weighted by Gasteiger charge is 2.22. The number of piperidine rings is 1. The van der Waals surface area contributed by atoms with Crippen molar-refractivity contribution in [3.8, 4) is 0 Å². The molecule has 128 valence electrons. The van der Waals surface area contributed by atoms with Gasteiger partial charge in [-0.25, -0.2) is 4.98 Å². The molecule has 3 rings (SSSR count). The number of nitrogens with zero attached hydrogens (tertiary/aromatic N) is 3. The molecular formula is C17H28N4OS. The van der Waals surface area contributed by atoms with Crippen LogP contribution in [0.5, 0.6) is 0 Å². The molecule has 0 unspecified atom stereocenters. The molecule has 1 aliphatic carbocycles. The molecule has 0 spiro atoms. The lowest BCUT2D eigenvalue weighted by Crippen LogP contribution is -2.41. The van der Waals surface area contributed by atoms with Gasteiger partial charge in [-0.05, 0) is 71.6 Å². The number of amides is 1. The number of anilines is 1. The standard InChI is InChI=1S/C17H28N4OS/c1-20(2)11-13-7-9-21(10-8-13)12-16(22)19-17-18-14-5-3-4-6-15(14)23-17/h13H,3-12H2,1-2H3,(H,18,19,22). The normalized spacial score (nSPS) is 19.8. The molecular weight excluding hydrogens is 308 g/mol. The first-order chi connectivity index (χ1) is 11.1. The van der Waals surface area contributed by atoms with Gasteiger partial charge in [-0.15, -0.1) is 11.3 Å². The summed E-state index contributed by atoms with van der Waals surface area (Å²) in [4.78, 5) is 22.8. The molecule has 23 heavy (non-hydrogen) atoms. The summed E-state index contributed by atoms with van der Waals surface area (Å²) >= 11 is 1.67. The van der Waals surface area contributed by atoms with Gasteiger partial charge in [0.15, 0.2) is 5.13 Å². The first-order valence-electron chi connectivity index (χ1n) is 8.75. The Hall–Kier alpha value is -0.980. The number of nitrogens with one attached hydrogen (secondary N) is 1. The number of aryl methyl sites for hydroxylation is 2. The Bertz CT molecular complexity index is 511. The van der Waals surface area contributed by atoms with Gasteiger partial charge >= 0.3 is 0 Å². The summed E-state index contributed by atoms with van der Waals surface area (Å²) in [6.45, 7) is 3.71. The van der Waals surface area contributed by atoms with Gasteiger partial charge in [0.25, 0.3) is 0 Å². The van der Waals surface area contributed by atoms with E-state index in [1.54, 1.807) is 11.3 Å². The van der Waals surface area contributed by atoms with Crippen LogP contribution in [0.4, 0.5) is 5.13 Å². The number of hydrogen-bond donors (Lipinski definition) is 1. The predicted octanol–water partition coefficient (Wildman–Crippen LogP) is 2.23. The maximum Gasteiger partial charge on any atom is 0.240 e. The lowest BCUT2D eigenvalue weighted by atomic mass is 9.96. The fourth-order valence-electron chi connectivity index (χ4n) is 3.61. The topological polar surface area (TPSA) is 48.5 Å². The van der Waals surface area contributed by atoms with Crippen LogP contribution < -0.4 is 5.32 Å². The van der Waals surface area contributed by atoms with E-state index in [0.717, 1.165) is 43.5 Å². The number of carbonyl (C=O) groups is 1. The summed E-state index contributed by atoms with van der Waals surface area (Å²) < 4.78 is 0. The first kappa shape index (κ1) is 16.9. The third-order valence-electron chi connectivity index (χ3n) is 4.79. The molecule has 0 bridgehead atoms. The summed E-state index contributed by atoms with van der Waals surface area (Å²) in [5.74, 6) is 0.858. The molecule has 1 N–H and O–H groups in total. The van der Waals surface area contributed by atoms with Gasteiger partial charge in [0, 0.05) is 11.4 Å². The highest BCUT2D eigenvalue weighted by Crippen LogP contribution is 2.29. The maximum atomic E-state index is 12.3. The van der Waals surface area contributed by atoms with E-state index in [1.165, 1.54) is 36.3 Å². The number of fused-ring (bicyclic) bond motifs is 1. The van der Waals surface area contributed by atoms with Crippen molar-refractivity contribution in [2.24, 2.45) is 5.92 Å². The molecule has 1 fully saturated rings. The molecule has 0 saturated carbocycles. The quantitative estimate of drug-likeness (QED) is 0.896. The minimum Gasteiger partial charge on any atom is -0.309 e. The summed E-state index contributed by atoms with van der Waals surface area (Å²) in [7, 11) is 4.26. The van der Waals surface area contributed by atoms with Crippen molar-refractivity contribution in [2.45, 2.75) is 38.5 Å². The monoisotopic (exact) mass is 336 g/mol. The van der Waals surface area contributed by atoms with E-state index >= 15 is 0 Å². The van der Waals surface area contributed by atoms with E-state index in [1.807, 2.05) is 0 Å². The van der Waals surface area contributed by atoms with E-state index in [2.05, 4.69) is 34.2 Å². The highest BCUT2D eigenvalue weighted by molar-refractivity contribution is 7.15. The van der Waals surface area contributed by atoms with Crippen molar-refractivity contribution in [2.75, 3.05) is 45.6 Å². The molecule has 1 aromatic heterocycles. The van der Waals surface area contributed by atoms with Gasteiger partial charge in [0.2, 0.25) is 5.91 Å². The average molecular weight is 337 g/mol. The first-order valence-corrected chi connectivity index (χ1v) is 9.57. The van der Waals surface area contributed by atoms with Crippen LogP contribution in [-0.2, 0) is 17.6 Å². The van der Waals surface area contributed by atoms with Gasteiger partial charge in [0.1, 0.15) is 0 Å². The molecule has 1 saturated heterocycles. The van der Waals surface area contributed by atoms with Gasteiger partial charge in [0.05, 0.1) is 12.2 Å². The zero-order chi connectivity index (χ0) is 16.2. The Balaban J connectivity index is 1.44.